The lowest BCUT2D eigenvalue weighted by molar-refractivity contribution is -0.140. The third kappa shape index (κ3) is 4.08. The average Bonchev–Trinajstić information content (AvgIpc) is 1.76. The van der Waals surface area contributed by atoms with Crippen molar-refractivity contribution in [2.75, 3.05) is 0 Å². The first-order chi connectivity index (χ1) is 6.28. The van der Waals surface area contributed by atoms with E-state index in [2.05, 4.69) is 47.1 Å². The first-order valence-electron chi connectivity index (χ1n) is 5.62. The molecule has 0 radical (unpaired) electrons. The van der Waals surface area contributed by atoms with Gasteiger partial charge in [-0.1, -0.05) is 20.8 Å². The number of rotatable bonds is 2. The van der Waals surface area contributed by atoms with Crippen molar-refractivity contribution in [1.82, 2.24) is 4.90 Å². The summed E-state index contributed by atoms with van der Waals surface area (Å²) in [6.07, 6.45) is 0. The molecule has 0 unspecified atom stereocenters. The quantitative estimate of drug-likeness (QED) is 0.408. The van der Waals surface area contributed by atoms with E-state index in [1.165, 1.54) is 0 Å². The number of hydrogen-bond donors (Lipinski definition) is 0. The van der Waals surface area contributed by atoms with Crippen LogP contribution in [0.4, 0.5) is 0 Å². The van der Waals surface area contributed by atoms with Gasteiger partial charge in [0.25, 0.3) is 0 Å². The van der Waals surface area contributed by atoms with Crippen molar-refractivity contribution in [3.8, 4) is 0 Å². The zero-order chi connectivity index (χ0) is 12.7. The molecule has 0 saturated heterocycles. The Kier molecular flexibility index (Phi) is 3.99. The van der Waals surface area contributed by atoms with E-state index in [1.54, 1.807) is 0 Å². The van der Waals surface area contributed by atoms with Gasteiger partial charge in [0.2, 0.25) is 5.91 Å². The molecule has 0 aliphatic heterocycles. The van der Waals surface area contributed by atoms with Crippen molar-refractivity contribution in [2.24, 2.45) is 5.41 Å². The van der Waals surface area contributed by atoms with Crippen molar-refractivity contribution in [1.29, 1.82) is 0 Å². The number of hydrogen-bond acceptors (Lipinski definition) is 1. The Morgan fingerprint density at radius 3 is 1.20 bits per heavy atom. The third-order valence-corrected chi connectivity index (χ3v) is 2.19. The van der Waals surface area contributed by atoms with Crippen molar-refractivity contribution in [2.45, 2.75) is 31.2 Å². The molecule has 78 valence electrons. The molecule has 0 aromatic heterocycles. The maximum Gasteiger partial charge on any atom is 0.224 e. The molecule has 0 aliphatic carbocycles. The summed E-state index contributed by atoms with van der Waals surface area (Å²) in [6.45, 7) is 5.92. The summed E-state index contributed by atoms with van der Waals surface area (Å²) >= 11 is 0. The van der Waals surface area contributed by atoms with Crippen LogP contribution in [0.5, 0.6) is 0 Å². The minimum atomic E-state index is -0.319. The summed E-state index contributed by atoms with van der Waals surface area (Å²) in [5.74, 6) is 0.211. The van der Waals surface area contributed by atoms with E-state index < -0.39 is 0 Å². The topological polar surface area (TPSA) is 20.3 Å². The van der Waals surface area contributed by atoms with Gasteiger partial charge in [-0.25, -0.2) is 0 Å². The molecule has 1 amide bonds. The maximum absolute atomic E-state index is 12.4. The van der Waals surface area contributed by atoms with E-state index in [-0.39, 0.29) is 21.8 Å². The van der Waals surface area contributed by atoms with Gasteiger partial charge in [0.15, 0.2) is 0 Å². The van der Waals surface area contributed by atoms with E-state index in [0.29, 0.717) is 0 Å². The first kappa shape index (κ1) is 14.9. The summed E-state index contributed by atoms with van der Waals surface area (Å²) in [7, 11) is 12.5. The molecule has 0 aromatic carbocycles. The molecular formula is C7H21B6NO. The van der Waals surface area contributed by atoms with Gasteiger partial charge in [-0.2, -0.15) is 0 Å². The fourth-order valence-corrected chi connectivity index (χ4v) is 1.95. The molecule has 0 N–H and O–H groups in total. The lowest BCUT2D eigenvalue weighted by atomic mass is 9.40. The standard InChI is InChI=1S/C7H21B6NO/c1-5(2,3)4(15)14(6(8,9)10)7(11,12)13/h8-13H2,1-3H3. The van der Waals surface area contributed by atoms with Crippen LogP contribution in [0.1, 0.15) is 20.8 Å². The molecule has 8 heteroatoms. The molecule has 0 heterocycles. The molecule has 0 aromatic rings. The minimum Gasteiger partial charge on any atom is -0.378 e. The Morgan fingerprint density at radius 2 is 1.13 bits per heavy atom. The summed E-state index contributed by atoms with van der Waals surface area (Å²) in [4.78, 5) is 14.4. The summed E-state index contributed by atoms with van der Waals surface area (Å²) < 4.78 is 0. The molecule has 0 fully saturated rings. The molecule has 2 nitrogen and oxygen atoms in total. The van der Waals surface area contributed by atoms with E-state index in [4.69, 9.17) is 0 Å². The lowest BCUT2D eigenvalue weighted by Gasteiger charge is -2.49. The van der Waals surface area contributed by atoms with Crippen LogP contribution >= 0.6 is 0 Å². The molecule has 0 bridgehead atoms. The van der Waals surface area contributed by atoms with Gasteiger partial charge in [-0.05, 0) is 10.5 Å². The minimum absolute atomic E-state index is 0.136. The molecule has 0 aliphatic rings. The van der Waals surface area contributed by atoms with E-state index in [9.17, 15) is 4.79 Å². The van der Waals surface area contributed by atoms with Gasteiger partial charge in [0.1, 0.15) is 47.1 Å². The average molecular weight is 200 g/mol. The van der Waals surface area contributed by atoms with Crippen LogP contribution in [-0.2, 0) is 4.79 Å². The summed E-state index contributed by atoms with van der Waals surface area (Å²) in [5, 5.41) is -0.273. The van der Waals surface area contributed by atoms with Crippen molar-refractivity contribution >= 4 is 53.0 Å². The van der Waals surface area contributed by atoms with Crippen LogP contribution in [-0.4, -0.2) is 68.4 Å². The Hall–Kier alpha value is -0.140. The van der Waals surface area contributed by atoms with Crippen LogP contribution in [0.15, 0.2) is 0 Å². The Morgan fingerprint density at radius 1 is 0.867 bits per heavy atom. The number of carbonyl (C=O) groups excluding carboxylic acids is 1. The number of nitrogens with zero attached hydrogens (tertiary/aromatic N) is 1. The van der Waals surface area contributed by atoms with Crippen molar-refractivity contribution < 1.29 is 4.79 Å². The monoisotopic (exact) mass is 201 g/mol. The normalized spacial score (nSPS) is 13.5. The molecule has 0 spiro atoms. The second kappa shape index (κ2) is 4.03. The highest BCUT2D eigenvalue weighted by atomic mass is 16.2. The smallest absolute Gasteiger partial charge is 0.224 e. The number of amides is 1. The van der Waals surface area contributed by atoms with Crippen molar-refractivity contribution in [3.63, 3.8) is 0 Å². The highest BCUT2D eigenvalue weighted by Crippen LogP contribution is 2.23. The highest BCUT2D eigenvalue weighted by molar-refractivity contribution is 6.64. The Labute approximate surface area is 99.8 Å². The van der Waals surface area contributed by atoms with Crippen molar-refractivity contribution in [3.05, 3.63) is 0 Å². The molecule has 0 atom stereocenters. The Bertz CT molecular complexity index is 234. The molecule has 15 heavy (non-hydrogen) atoms. The van der Waals surface area contributed by atoms with Gasteiger partial charge < -0.3 is 4.90 Å². The predicted octanol–water partition coefficient (Wildman–Crippen LogP) is -5.12. The zero-order valence-electron chi connectivity index (χ0n) is 11.9. The second-order valence-electron chi connectivity index (χ2n) is 7.23. The fourth-order valence-electron chi connectivity index (χ4n) is 1.95. The second-order valence-corrected chi connectivity index (χ2v) is 7.23. The van der Waals surface area contributed by atoms with Gasteiger partial charge >= 0.3 is 0 Å². The zero-order valence-corrected chi connectivity index (χ0v) is 11.9. The lowest BCUT2D eigenvalue weighted by Crippen LogP contribution is -2.67. The third-order valence-electron chi connectivity index (χ3n) is 2.19. The SMILES string of the molecule is BC(B)(B)N(C(=O)C(C)(C)C)C(B)(B)B. The van der Waals surface area contributed by atoms with E-state index in [0.717, 1.165) is 0 Å². The van der Waals surface area contributed by atoms with Gasteiger partial charge in [-0.15, -0.1) is 0 Å². The highest BCUT2D eigenvalue weighted by Gasteiger charge is 2.39. The van der Waals surface area contributed by atoms with Crippen LogP contribution < -0.4 is 0 Å². The van der Waals surface area contributed by atoms with Crippen LogP contribution in [0.3, 0.4) is 0 Å². The predicted molar refractivity (Wildman–Crippen MR) is 83.0 cm³/mol. The largest absolute Gasteiger partial charge is 0.378 e. The van der Waals surface area contributed by atoms with E-state index in [1.807, 2.05) is 25.7 Å². The number of carbonyl (C=O) groups is 1. The molecule has 0 saturated carbocycles. The van der Waals surface area contributed by atoms with E-state index >= 15 is 0 Å². The Balaban J connectivity index is 5.26. The maximum atomic E-state index is 12.4. The van der Waals surface area contributed by atoms with Crippen LogP contribution in [0, 0.1) is 5.41 Å². The molecular weight excluding hydrogens is 179 g/mol. The van der Waals surface area contributed by atoms with Gasteiger partial charge in [-0.3, -0.25) is 4.79 Å². The van der Waals surface area contributed by atoms with Crippen LogP contribution in [0.25, 0.3) is 0 Å². The molecule has 0 rings (SSSR count). The first-order valence-corrected chi connectivity index (χ1v) is 5.62. The fraction of sp³-hybridized carbons (Fsp3) is 0.857. The van der Waals surface area contributed by atoms with Gasteiger partial charge in [0.05, 0.1) is 0 Å². The van der Waals surface area contributed by atoms with Crippen LogP contribution in [0.2, 0.25) is 0 Å². The summed E-state index contributed by atoms with van der Waals surface area (Å²) in [5.41, 5.74) is -0.319. The summed E-state index contributed by atoms with van der Waals surface area (Å²) in [6, 6.07) is 0. The van der Waals surface area contributed by atoms with Gasteiger partial charge in [0, 0.05) is 5.41 Å².